The van der Waals surface area contributed by atoms with Crippen LogP contribution in [0, 0.1) is 12.7 Å². The van der Waals surface area contributed by atoms with Gasteiger partial charge in [-0.25, -0.2) is 4.39 Å². The van der Waals surface area contributed by atoms with Crippen molar-refractivity contribution in [1.29, 1.82) is 0 Å². The lowest BCUT2D eigenvalue weighted by Gasteiger charge is -2.16. The smallest absolute Gasteiger partial charge is 0.246 e. The summed E-state index contributed by atoms with van der Waals surface area (Å²) in [5.74, 6) is 0.260. The number of carbonyl (C=O) groups is 1. The minimum atomic E-state index is -0.497. The SMILES string of the molecule is CCOc1ccc(NC(=O)C(C)Nc2ccc(C)c(F)c2)cc1. The zero-order valence-corrected chi connectivity index (χ0v) is 13.5. The number of rotatable bonds is 6. The van der Waals surface area contributed by atoms with Crippen molar-refractivity contribution in [1.82, 2.24) is 0 Å². The van der Waals surface area contributed by atoms with Crippen molar-refractivity contribution >= 4 is 17.3 Å². The summed E-state index contributed by atoms with van der Waals surface area (Å²) in [7, 11) is 0. The number of aryl methyl sites for hydroxylation is 1. The molecule has 5 heteroatoms. The quantitative estimate of drug-likeness (QED) is 0.848. The average molecular weight is 316 g/mol. The van der Waals surface area contributed by atoms with Crippen LogP contribution in [0.25, 0.3) is 0 Å². The Hall–Kier alpha value is -2.56. The molecule has 23 heavy (non-hydrogen) atoms. The van der Waals surface area contributed by atoms with E-state index in [-0.39, 0.29) is 11.7 Å². The van der Waals surface area contributed by atoms with Gasteiger partial charge in [-0.15, -0.1) is 0 Å². The zero-order valence-electron chi connectivity index (χ0n) is 13.5. The van der Waals surface area contributed by atoms with Gasteiger partial charge in [-0.2, -0.15) is 0 Å². The van der Waals surface area contributed by atoms with Crippen LogP contribution in [0.3, 0.4) is 0 Å². The Balaban J connectivity index is 1.95. The van der Waals surface area contributed by atoms with Crippen molar-refractivity contribution in [3.63, 3.8) is 0 Å². The zero-order chi connectivity index (χ0) is 16.8. The molecule has 0 saturated heterocycles. The molecule has 4 nitrogen and oxygen atoms in total. The summed E-state index contributed by atoms with van der Waals surface area (Å²) in [6.45, 7) is 5.93. The van der Waals surface area contributed by atoms with E-state index in [0.717, 1.165) is 5.75 Å². The highest BCUT2D eigenvalue weighted by Crippen LogP contribution is 2.17. The number of carbonyl (C=O) groups excluding carboxylic acids is 1. The molecule has 0 aliphatic rings. The standard InChI is InChI=1S/C18H21FN2O2/c1-4-23-16-9-7-14(8-10-16)21-18(22)13(3)20-15-6-5-12(2)17(19)11-15/h5-11,13,20H,4H2,1-3H3,(H,21,22). The highest BCUT2D eigenvalue weighted by atomic mass is 19.1. The summed E-state index contributed by atoms with van der Waals surface area (Å²) in [6, 6.07) is 11.5. The first-order valence-corrected chi connectivity index (χ1v) is 7.56. The summed E-state index contributed by atoms with van der Waals surface area (Å²) in [5, 5.41) is 5.79. The number of anilines is 2. The third-order valence-corrected chi connectivity index (χ3v) is 3.38. The molecule has 1 amide bonds. The van der Waals surface area contributed by atoms with E-state index in [2.05, 4.69) is 10.6 Å². The largest absolute Gasteiger partial charge is 0.494 e. The lowest BCUT2D eigenvalue weighted by molar-refractivity contribution is -0.116. The van der Waals surface area contributed by atoms with Gasteiger partial charge in [0.2, 0.25) is 5.91 Å². The number of benzene rings is 2. The second-order valence-electron chi connectivity index (χ2n) is 5.28. The average Bonchev–Trinajstić information content (AvgIpc) is 2.53. The first kappa shape index (κ1) is 16.8. The van der Waals surface area contributed by atoms with Gasteiger partial charge >= 0.3 is 0 Å². The Morgan fingerprint density at radius 1 is 1.17 bits per heavy atom. The molecule has 0 spiro atoms. The van der Waals surface area contributed by atoms with Crippen molar-refractivity contribution in [3.05, 3.63) is 53.8 Å². The Labute approximate surface area is 135 Å². The van der Waals surface area contributed by atoms with Gasteiger partial charge in [0.25, 0.3) is 0 Å². The van der Waals surface area contributed by atoms with Gasteiger partial charge < -0.3 is 15.4 Å². The van der Waals surface area contributed by atoms with Crippen molar-refractivity contribution in [2.45, 2.75) is 26.8 Å². The fraction of sp³-hybridized carbons (Fsp3) is 0.278. The monoisotopic (exact) mass is 316 g/mol. The summed E-state index contributed by atoms with van der Waals surface area (Å²) >= 11 is 0. The molecular weight excluding hydrogens is 295 g/mol. The predicted octanol–water partition coefficient (Wildman–Crippen LogP) is 3.97. The summed E-state index contributed by atoms with van der Waals surface area (Å²) in [6.07, 6.45) is 0. The number of amides is 1. The molecule has 1 atom stereocenters. The van der Waals surface area contributed by atoms with Crippen LogP contribution in [-0.4, -0.2) is 18.6 Å². The molecule has 0 bridgehead atoms. The Kier molecular flexibility index (Phi) is 5.57. The van der Waals surface area contributed by atoms with Gasteiger partial charge in [0.15, 0.2) is 0 Å². The van der Waals surface area contributed by atoms with Crippen LogP contribution >= 0.6 is 0 Å². The van der Waals surface area contributed by atoms with E-state index >= 15 is 0 Å². The molecular formula is C18H21FN2O2. The molecule has 0 heterocycles. The molecule has 0 radical (unpaired) electrons. The third kappa shape index (κ3) is 4.71. The predicted molar refractivity (Wildman–Crippen MR) is 90.5 cm³/mol. The highest BCUT2D eigenvalue weighted by molar-refractivity contribution is 5.96. The van der Waals surface area contributed by atoms with E-state index in [1.807, 2.05) is 6.92 Å². The van der Waals surface area contributed by atoms with Crippen LogP contribution in [0.2, 0.25) is 0 Å². The molecule has 1 unspecified atom stereocenters. The van der Waals surface area contributed by atoms with Gasteiger partial charge in [-0.3, -0.25) is 4.79 Å². The first-order chi connectivity index (χ1) is 11.0. The fourth-order valence-corrected chi connectivity index (χ4v) is 2.05. The second-order valence-corrected chi connectivity index (χ2v) is 5.28. The van der Waals surface area contributed by atoms with Crippen molar-refractivity contribution in [3.8, 4) is 5.75 Å². The number of nitrogens with one attached hydrogen (secondary N) is 2. The molecule has 2 rings (SSSR count). The van der Waals surface area contributed by atoms with Gasteiger partial charge in [0.1, 0.15) is 17.6 Å². The van der Waals surface area contributed by atoms with Crippen LogP contribution in [-0.2, 0) is 4.79 Å². The molecule has 2 aromatic rings. The molecule has 2 aromatic carbocycles. The maximum absolute atomic E-state index is 13.5. The Morgan fingerprint density at radius 2 is 1.83 bits per heavy atom. The highest BCUT2D eigenvalue weighted by Gasteiger charge is 2.13. The van der Waals surface area contributed by atoms with E-state index in [9.17, 15) is 9.18 Å². The molecule has 0 aromatic heterocycles. The number of hydrogen-bond donors (Lipinski definition) is 2. The molecule has 122 valence electrons. The Bertz CT molecular complexity index is 671. The van der Waals surface area contributed by atoms with E-state index < -0.39 is 6.04 Å². The number of hydrogen-bond acceptors (Lipinski definition) is 3. The van der Waals surface area contributed by atoms with Gasteiger partial charge in [-0.1, -0.05) is 6.07 Å². The van der Waals surface area contributed by atoms with E-state index in [1.54, 1.807) is 50.2 Å². The first-order valence-electron chi connectivity index (χ1n) is 7.56. The summed E-state index contributed by atoms with van der Waals surface area (Å²) in [5.41, 5.74) is 1.83. The van der Waals surface area contributed by atoms with Crippen molar-refractivity contribution in [2.75, 3.05) is 17.2 Å². The normalized spacial score (nSPS) is 11.7. The Morgan fingerprint density at radius 3 is 2.43 bits per heavy atom. The molecule has 0 saturated carbocycles. The summed E-state index contributed by atoms with van der Waals surface area (Å²) in [4.78, 5) is 12.2. The third-order valence-electron chi connectivity index (χ3n) is 3.38. The second kappa shape index (κ2) is 7.63. The maximum Gasteiger partial charge on any atom is 0.246 e. The van der Waals surface area contributed by atoms with Crippen molar-refractivity contribution < 1.29 is 13.9 Å². The number of ether oxygens (including phenoxy) is 1. The molecule has 0 aliphatic carbocycles. The van der Waals surface area contributed by atoms with E-state index in [4.69, 9.17) is 4.74 Å². The van der Waals surface area contributed by atoms with Gasteiger partial charge in [0.05, 0.1) is 6.61 Å². The number of halogens is 1. The van der Waals surface area contributed by atoms with Crippen LogP contribution in [0.5, 0.6) is 5.75 Å². The summed E-state index contributed by atoms with van der Waals surface area (Å²) < 4.78 is 18.9. The lowest BCUT2D eigenvalue weighted by atomic mass is 10.2. The van der Waals surface area contributed by atoms with Crippen LogP contribution in [0.4, 0.5) is 15.8 Å². The molecule has 0 aliphatic heterocycles. The minimum absolute atomic E-state index is 0.199. The van der Waals surface area contributed by atoms with E-state index in [1.165, 1.54) is 6.07 Å². The molecule has 2 N–H and O–H groups in total. The van der Waals surface area contributed by atoms with E-state index in [0.29, 0.717) is 23.5 Å². The van der Waals surface area contributed by atoms with Gasteiger partial charge in [0, 0.05) is 11.4 Å². The lowest BCUT2D eigenvalue weighted by Crippen LogP contribution is -2.31. The maximum atomic E-state index is 13.5. The topological polar surface area (TPSA) is 50.4 Å². The van der Waals surface area contributed by atoms with Crippen LogP contribution < -0.4 is 15.4 Å². The minimum Gasteiger partial charge on any atom is -0.494 e. The molecule has 0 fully saturated rings. The fourth-order valence-electron chi connectivity index (χ4n) is 2.05. The van der Waals surface area contributed by atoms with Crippen molar-refractivity contribution in [2.24, 2.45) is 0 Å². The van der Waals surface area contributed by atoms with Crippen LogP contribution in [0.15, 0.2) is 42.5 Å². The van der Waals surface area contributed by atoms with Crippen LogP contribution in [0.1, 0.15) is 19.4 Å². The van der Waals surface area contributed by atoms with Gasteiger partial charge in [-0.05, 0) is 62.7 Å².